The van der Waals surface area contributed by atoms with Crippen LogP contribution in [0.15, 0.2) is 72.8 Å². The maximum absolute atomic E-state index is 13.4. The largest absolute Gasteiger partial charge is 0.345 e. The van der Waals surface area contributed by atoms with Gasteiger partial charge in [-0.15, -0.1) is 0 Å². The van der Waals surface area contributed by atoms with Crippen LogP contribution in [-0.2, 0) is 29.4 Å². The van der Waals surface area contributed by atoms with E-state index in [1.807, 2.05) is 30.3 Å². The number of sulfonamides is 1. The zero-order chi connectivity index (χ0) is 24.1. The lowest BCUT2D eigenvalue weighted by atomic mass is 9.88. The number of carbonyl (C=O) groups is 1. The Morgan fingerprint density at radius 2 is 1.62 bits per heavy atom. The minimum atomic E-state index is -3.62. The van der Waals surface area contributed by atoms with Gasteiger partial charge < -0.3 is 5.32 Å². The molecule has 1 N–H and O–H groups in total. The number of rotatable bonds is 8. The van der Waals surface area contributed by atoms with Gasteiger partial charge in [0.25, 0.3) is 5.91 Å². The molecule has 3 aromatic carbocycles. The highest BCUT2D eigenvalue weighted by molar-refractivity contribution is 7.92. The second-order valence-corrected chi connectivity index (χ2v) is 10.8. The lowest BCUT2D eigenvalue weighted by molar-refractivity contribution is 0.0936. The van der Waals surface area contributed by atoms with Crippen LogP contribution in [0.4, 0.5) is 5.69 Å². The molecule has 1 aliphatic rings. The van der Waals surface area contributed by atoms with Crippen LogP contribution in [0.25, 0.3) is 0 Å². The molecular weight excluding hydrogens is 444 g/mol. The first-order chi connectivity index (χ1) is 16.4. The number of para-hydroxylation sites is 1. The number of benzene rings is 3. The van der Waals surface area contributed by atoms with Crippen LogP contribution >= 0.6 is 0 Å². The first-order valence-electron chi connectivity index (χ1n) is 11.9. The van der Waals surface area contributed by atoms with Crippen LogP contribution in [0.1, 0.15) is 64.8 Å². The van der Waals surface area contributed by atoms with Gasteiger partial charge in [0.2, 0.25) is 10.0 Å². The molecule has 0 spiro atoms. The monoisotopic (exact) mass is 476 g/mol. The molecule has 178 valence electrons. The van der Waals surface area contributed by atoms with E-state index in [4.69, 9.17) is 0 Å². The van der Waals surface area contributed by atoms with E-state index in [2.05, 4.69) is 30.4 Å². The predicted molar refractivity (Wildman–Crippen MR) is 137 cm³/mol. The van der Waals surface area contributed by atoms with Crippen molar-refractivity contribution in [1.82, 2.24) is 5.32 Å². The molecule has 0 unspecified atom stereocenters. The number of hydrogen-bond acceptors (Lipinski definition) is 3. The molecule has 0 fully saturated rings. The van der Waals surface area contributed by atoms with Crippen LogP contribution in [-0.4, -0.2) is 20.6 Å². The summed E-state index contributed by atoms with van der Waals surface area (Å²) in [6.45, 7) is 2.21. The normalized spacial score (nSPS) is 14.2. The number of nitrogens with one attached hydrogen (secondary N) is 1. The van der Waals surface area contributed by atoms with Gasteiger partial charge in [-0.2, -0.15) is 0 Å². The fourth-order valence-corrected chi connectivity index (χ4v) is 5.54. The third-order valence-corrected chi connectivity index (χ3v) is 7.60. The molecule has 1 amide bonds. The SMILES string of the molecule is CC[C@@H](NC(=O)c1ccccc1N(Cc1ccccc1)S(C)(=O)=O)c1ccc2c(c1)CCCC2. The molecule has 0 saturated carbocycles. The van der Waals surface area contributed by atoms with Gasteiger partial charge in [0, 0.05) is 0 Å². The van der Waals surface area contributed by atoms with Crippen molar-refractivity contribution in [2.45, 2.75) is 51.6 Å². The lowest BCUT2D eigenvalue weighted by Crippen LogP contribution is -2.34. The Labute approximate surface area is 202 Å². The van der Waals surface area contributed by atoms with Crippen molar-refractivity contribution in [3.8, 4) is 0 Å². The first kappa shape index (κ1) is 24.0. The van der Waals surface area contributed by atoms with Crippen LogP contribution in [0.5, 0.6) is 0 Å². The molecular formula is C28H32N2O3S. The van der Waals surface area contributed by atoms with Gasteiger partial charge in [-0.05, 0) is 66.5 Å². The third-order valence-electron chi connectivity index (χ3n) is 6.48. The summed E-state index contributed by atoms with van der Waals surface area (Å²) in [6, 6.07) is 22.7. The second kappa shape index (κ2) is 10.4. The fourth-order valence-electron chi connectivity index (χ4n) is 4.64. The van der Waals surface area contributed by atoms with Crippen molar-refractivity contribution in [3.05, 3.63) is 101 Å². The van der Waals surface area contributed by atoms with Crippen molar-refractivity contribution >= 4 is 21.6 Å². The van der Waals surface area contributed by atoms with Crippen molar-refractivity contribution in [2.75, 3.05) is 10.6 Å². The average molecular weight is 477 g/mol. The Balaban J connectivity index is 1.62. The van der Waals surface area contributed by atoms with E-state index in [1.54, 1.807) is 24.3 Å². The van der Waals surface area contributed by atoms with Gasteiger partial charge in [-0.3, -0.25) is 9.10 Å². The molecule has 1 aliphatic carbocycles. The topological polar surface area (TPSA) is 66.5 Å². The number of nitrogens with zero attached hydrogens (tertiary/aromatic N) is 1. The summed E-state index contributed by atoms with van der Waals surface area (Å²) >= 11 is 0. The van der Waals surface area contributed by atoms with Crippen molar-refractivity contribution < 1.29 is 13.2 Å². The maximum atomic E-state index is 13.4. The van der Waals surface area contributed by atoms with E-state index in [0.29, 0.717) is 11.3 Å². The van der Waals surface area contributed by atoms with E-state index in [-0.39, 0.29) is 18.5 Å². The zero-order valence-electron chi connectivity index (χ0n) is 19.8. The average Bonchev–Trinajstić information content (AvgIpc) is 2.85. The molecule has 0 aliphatic heterocycles. The molecule has 1 atom stereocenters. The minimum absolute atomic E-state index is 0.145. The highest BCUT2D eigenvalue weighted by Gasteiger charge is 2.25. The molecule has 0 aromatic heterocycles. The molecule has 0 saturated heterocycles. The summed E-state index contributed by atoms with van der Waals surface area (Å²) in [5, 5.41) is 3.16. The number of anilines is 1. The minimum Gasteiger partial charge on any atom is -0.345 e. The third kappa shape index (κ3) is 5.50. The molecule has 4 rings (SSSR count). The number of carbonyl (C=O) groups excluding carboxylic acids is 1. The van der Waals surface area contributed by atoms with Crippen LogP contribution in [0, 0.1) is 0 Å². The molecule has 3 aromatic rings. The van der Waals surface area contributed by atoms with Gasteiger partial charge in [-0.1, -0.05) is 67.6 Å². The lowest BCUT2D eigenvalue weighted by Gasteiger charge is -2.26. The summed E-state index contributed by atoms with van der Waals surface area (Å²) in [4.78, 5) is 13.4. The van der Waals surface area contributed by atoms with E-state index in [1.165, 1.54) is 34.5 Å². The predicted octanol–water partition coefficient (Wildman–Crippen LogP) is 5.41. The number of hydrogen-bond donors (Lipinski definition) is 1. The van der Waals surface area contributed by atoms with Crippen molar-refractivity contribution in [3.63, 3.8) is 0 Å². The number of amides is 1. The van der Waals surface area contributed by atoms with Gasteiger partial charge >= 0.3 is 0 Å². The summed E-state index contributed by atoms with van der Waals surface area (Å²) in [5.41, 5.74) is 5.46. The molecule has 5 nitrogen and oxygen atoms in total. The maximum Gasteiger partial charge on any atom is 0.253 e. The van der Waals surface area contributed by atoms with E-state index in [0.717, 1.165) is 30.4 Å². The first-order valence-corrected chi connectivity index (χ1v) is 13.7. The Hall–Kier alpha value is -3.12. The van der Waals surface area contributed by atoms with E-state index in [9.17, 15) is 13.2 Å². The molecule has 0 heterocycles. The Kier molecular flexibility index (Phi) is 7.37. The number of aryl methyl sites for hydroxylation is 2. The van der Waals surface area contributed by atoms with Gasteiger partial charge in [-0.25, -0.2) is 8.42 Å². The van der Waals surface area contributed by atoms with Crippen molar-refractivity contribution in [1.29, 1.82) is 0 Å². The molecule has 6 heteroatoms. The van der Waals surface area contributed by atoms with Gasteiger partial charge in [0.15, 0.2) is 0 Å². The van der Waals surface area contributed by atoms with Crippen molar-refractivity contribution in [2.24, 2.45) is 0 Å². The van der Waals surface area contributed by atoms with E-state index < -0.39 is 10.0 Å². The Bertz CT molecular complexity index is 1260. The Morgan fingerprint density at radius 1 is 0.941 bits per heavy atom. The summed E-state index contributed by atoms with van der Waals surface area (Å²) in [5.74, 6) is -0.276. The summed E-state index contributed by atoms with van der Waals surface area (Å²) < 4.78 is 26.8. The van der Waals surface area contributed by atoms with E-state index >= 15 is 0 Å². The summed E-state index contributed by atoms with van der Waals surface area (Å²) in [6.07, 6.45) is 6.56. The molecule has 0 bridgehead atoms. The standard InChI is InChI=1S/C28H32N2O3S/c1-3-26(24-18-17-22-13-7-8-14-23(22)19-24)29-28(31)25-15-9-10-16-27(25)30(34(2,32)33)20-21-11-5-4-6-12-21/h4-6,9-12,15-19,26H,3,7-8,13-14,20H2,1-2H3,(H,29,31)/t26-/m1/s1. The highest BCUT2D eigenvalue weighted by atomic mass is 32.2. The highest BCUT2D eigenvalue weighted by Crippen LogP contribution is 2.28. The Morgan fingerprint density at radius 3 is 2.32 bits per heavy atom. The second-order valence-electron chi connectivity index (χ2n) is 8.94. The van der Waals surface area contributed by atoms with Crippen LogP contribution in [0.2, 0.25) is 0 Å². The zero-order valence-corrected chi connectivity index (χ0v) is 20.6. The molecule has 34 heavy (non-hydrogen) atoms. The van der Waals surface area contributed by atoms with Gasteiger partial charge in [0.1, 0.15) is 0 Å². The smallest absolute Gasteiger partial charge is 0.253 e. The fraction of sp³-hybridized carbons (Fsp3) is 0.321. The number of fused-ring (bicyclic) bond motifs is 1. The van der Waals surface area contributed by atoms with Gasteiger partial charge in [0.05, 0.1) is 30.1 Å². The van der Waals surface area contributed by atoms with Crippen LogP contribution < -0.4 is 9.62 Å². The quantitative estimate of drug-likeness (QED) is 0.473. The molecule has 0 radical (unpaired) electrons. The van der Waals surface area contributed by atoms with Crippen LogP contribution in [0.3, 0.4) is 0 Å². The summed E-state index contributed by atoms with van der Waals surface area (Å²) in [7, 11) is -3.62.